The Kier molecular flexibility index (Phi) is 10.0. The first-order valence-electron chi connectivity index (χ1n) is 14.0. The smallest absolute Gasteiger partial charge is 0.242 e. The van der Waals surface area contributed by atoms with Gasteiger partial charge in [0.2, 0.25) is 5.91 Å². The van der Waals surface area contributed by atoms with Gasteiger partial charge in [-0.1, -0.05) is 68.2 Å². The third kappa shape index (κ3) is 6.66. The van der Waals surface area contributed by atoms with E-state index in [-0.39, 0.29) is 26.6 Å². The third-order valence-electron chi connectivity index (χ3n) is 7.73. The van der Waals surface area contributed by atoms with Crippen LogP contribution in [0.15, 0.2) is 54.6 Å². The Morgan fingerprint density at radius 1 is 1.14 bits per heavy atom. The van der Waals surface area contributed by atoms with Crippen LogP contribution in [-0.2, 0) is 21.6 Å². The van der Waals surface area contributed by atoms with Gasteiger partial charge in [-0.15, -0.1) is 0 Å². The van der Waals surface area contributed by atoms with Crippen LogP contribution in [0.1, 0.15) is 56.7 Å². The average Bonchev–Trinajstić information content (AvgIpc) is 3.26. The van der Waals surface area contributed by atoms with Gasteiger partial charge in [-0.2, -0.15) is 5.26 Å². The van der Waals surface area contributed by atoms with E-state index >= 15 is 8.78 Å². The number of carbonyl (C=O) groups excluding carboxylic acids is 1. The lowest BCUT2D eigenvalue weighted by Gasteiger charge is -2.37. The first kappa shape index (κ1) is 32.7. The van der Waals surface area contributed by atoms with Gasteiger partial charge in [-0.05, 0) is 60.2 Å². The molecule has 0 aliphatic carbocycles. The summed E-state index contributed by atoms with van der Waals surface area (Å²) in [5, 5.41) is 17.2. The SMILES string of the molecule is CCOCc1ccc(NC(=O)[C@H]2N[C@@H](CC(C)(C)C)[C@](C#N)(c3ccc(Cl)cc3F)[C@H]2c2cccc(Cl)c2F)c(OC)c1. The van der Waals surface area contributed by atoms with E-state index in [1.165, 1.54) is 31.4 Å². The lowest BCUT2D eigenvalue weighted by Crippen LogP contribution is -2.45. The number of hydrogen-bond donors (Lipinski definition) is 2. The van der Waals surface area contributed by atoms with Gasteiger partial charge < -0.3 is 20.1 Å². The molecule has 0 unspecified atom stereocenters. The monoisotopic (exact) mass is 629 g/mol. The van der Waals surface area contributed by atoms with Gasteiger partial charge in [0.1, 0.15) is 22.8 Å². The van der Waals surface area contributed by atoms with E-state index in [4.69, 9.17) is 32.7 Å². The lowest BCUT2D eigenvalue weighted by atomic mass is 9.62. The fourth-order valence-electron chi connectivity index (χ4n) is 5.92. The zero-order valence-electron chi connectivity index (χ0n) is 24.7. The Morgan fingerprint density at radius 2 is 1.88 bits per heavy atom. The number of methoxy groups -OCH3 is 1. The summed E-state index contributed by atoms with van der Waals surface area (Å²) in [6.45, 7) is 8.74. The van der Waals surface area contributed by atoms with E-state index < -0.39 is 41.0 Å². The Hall–Kier alpha value is -3.22. The Bertz CT molecular complexity index is 1540. The largest absolute Gasteiger partial charge is 0.495 e. The van der Waals surface area contributed by atoms with E-state index in [1.54, 1.807) is 24.3 Å². The van der Waals surface area contributed by atoms with Crippen LogP contribution in [0.2, 0.25) is 10.0 Å². The number of nitrogens with zero attached hydrogens (tertiary/aromatic N) is 1. The summed E-state index contributed by atoms with van der Waals surface area (Å²) in [6, 6.07) is 14.1. The molecule has 4 rings (SSSR count). The molecule has 1 amide bonds. The number of nitrogens with one attached hydrogen (secondary N) is 2. The lowest BCUT2D eigenvalue weighted by molar-refractivity contribution is -0.118. The molecule has 1 aliphatic heterocycles. The molecule has 1 fully saturated rings. The summed E-state index contributed by atoms with van der Waals surface area (Å²) in [6.07, 6.45) is 0.362. The first-order chi connectivity index (χ1) is 20.4. The van der Waals surface area contributed by atoms with Crippen molar-refractivity contribution in [2.75, 3.05) is 19.0 Å². The minimum Gasteiger partial charge on any atom is -0.495 e. The highest BCUT2D eigenvalue weighted by atomic mass is 35.5. The van der Waals surface area contributed by atoms with Crippen molar-refractivity contribution in [2.45, 2.75) is 64.1 Å². The second kappa shape index (κ2) is 13.2. The number of nitriles is 1. The van der Waals surface area contributed by atoms with Crippen LogP contribution in [0.3, 0.4) is 0 Å². The molecule has 228 valence electrons. The number of amides is 1. The summed E-state index contributed by atoms with van der Waals surface area (Å²) in [7, 11) is 1.48. The quantitative estimate of drug-likeness (QED) is 0.252. The summed E-state index contributed by atoms with van der Waals surface area (Å²) < 4.78 is 42.7. The Morgan fingerprint density at radius 3 is 2.51 bits per heavy atom. The molecular weight excluding hydrogens is 595 g/mol. The number of hydrogen-bond acceptors (Lipinski definition) is 5. The average molecular weight is 631 g/mol. The van der Waals surface area contributed by atoms with Gasteiger partial charge in [-0.3, -0.25) is 4.79 Å². The highest BCUT2D eigenvalue weighted by Crippen LogP contribution is 2.53. The van der Waals surface area contributed by atoms with Crippen molar-refractivity contribution in [3.05, 3.63) is 93.0 Å². The second-order valence-corrected chi connectivity index (χ2v) is 12.7. The molecular formula is C33H35Cl2F2N3O3. The number of halogens is 4. The summed E-state index contributed by atoms with van der Waals surface area (Å²) >= 11 is 12.3. The number of carbonyl (C=O) groups is 1. The molecule has 3 aromatic carbocycles. The van der Waals surface area contributed by atoms with Crippen molar-refractivity contribution in [1.29, 1.82) is 5.26 Å². The fourth-order valence-corrected chi connectivity index (χ4v) is 6.26. The van der Waals surface area contributed by atoms with E-state index in [9.17, 15) is 10.1 Å². The van der Waals surface area contributed by atoms with Crippen molar-refractivity contribution >= 4 is 34.8 Å². The molecule has 0 aromatic heterocycles. The van der Waals surface area contributed by atoms with Crippen LogP contribution < -0.4 is 15.4 Å². The molecule has 1 saturated heterocycles. The Balaban J connectivity index is 1.90. The van der Waals surface area contributed by atoms with Gasteiger partial charge in [-0.25, -0.2) is 8.78 Å². The number of benzene rings is 3. The van der Waals surface area contributed by atoms with Crippen molar-refractivity contribution in [1.82, 2.24) is 5.32 Å². The molecule has 2 N–H and O–H groups in total. The van der Waals surface area contributed by atoms with Crippen LogP contribution in [0.25, 0.3) is 0 Å². The van der Waals surface area contributed by atoms with Crippen LogP contribution in [0.4, 0.5) is 14.5 Å². The molecule has 3 aromatic rings. The minimum atomic E-state index is -1.72. The van der Waals surface area contributed by atoms with E-state index in [0.29, 0.717) is 31.1 Å². The maximum Gasteiger partial charge on any atom is 0.242 e. The van der Waals surface area contributed by atoms with Gasteiger partial charge in [0.25, 0.3) is 0 Å². The van der Waals surface area contributed by atoms with Gasteiger partial charge in [0.05, 0.1) is 36.5 Å². The predicted octanol–water partition coefficient (Wildman–Crippen LogP) is 7.78. The molecule has 43 heavy (non-hydrogen) atoms. The van der Waals surface area contributed by atoms with Crippen LogP contribution in [0.5, 0.6) is 5.75 Å². The Labute approximate surface area is 261 Å². The summed E-state index contributed by atoms with van der Waals surface area (Å²) in [4.78, 5) is 14.2. The van der Waals surface area contributed by atoms with Crippen molar-refractivity contribution < 1.29 is 23.0 Å². The highest BCUT2D eigenvalue weighted by molar-refractivity contribution is 6.31. The van der Waals surface area contributed by atoms with Crippen molar-refractivity contribution in [3.8, 4) is 11.8 Å². The standard InChI is InChI=1S/C33H35Cl2F2N3O3/c1-6-43-17-19-10-13-25(26(14-19)42-5)39-31(41)30-28(21-8-7-9-23(35)29(21)37)33(18-38,27(40-30)16-32(2,3)4)22-12-11-20(34)15-24(22)36/h7-15,27-28,30,40H,6,16-17H2,1-5H3,(H,39,41)/t27-,28-,30-,33-/m0/s1. The minimum absolute atomic E-state index is 0.0127. The third-order valence-corrected chi connectivity index (χ3v) is 8.26. The number of rotatable bonds is 9. The number of ether oxygens (including phenoxy) is 2. The molecule has 1 aliphatic rings. The zero-order valence-corrected chi connectivity index (χ0v) is 26.2. The maximum atomic E-state index is 15.9. The fraction of sp³-hybridized carbons (Fsp3) is 0.394. The van der Waals surface area contributed by atoms with Gasteiger partial charge in [0, 0.05) is 29.2 Å². The van der Waals surface area contributed by atoms with Crippen LogP contribution in [0, 0.1) is 28.4 Å². The molecule has 0 radical (unpaired) electrons. The molecule has 1 heterocycles. The van der Waals surface area contributed by atoms with E-state index in [0.717, 1.165) is 11.6 Å². The van der Waals surface area contributed by atoms with E-state index in [2.05, 4.69) is 16.7 Å². The van der Waals surface area contributed by atoms with Crippen LogP contribution >= 0.6 is 23.2 Å². The van der Waals surface area contributed by atoms with E-state index in [1.807, 2.05) is 27.7 Å². The first-order valence-corrected chi connectivity index (χ1v) is 14.7. The molecule has 0 bridgehead atoms. The molecule has 4 atom stereocenters. The van der Waals surface area contributed by atoms with Gasteiger partial charge in [0.15, 0.2) is 0 Å². The molecule has 0 saturated carbocycles. The molecule has 10 heteroatoms. The van der Waals surface area contributed by atoms with Crippen molar-refractivity contribution in [3.63, 3.8) is 0 Å². The topological polar surface area (TPSA) is 83.4 Å². The molecule has 6 nitrogen and oxygen atoms in total. The summed E-state index contributed by atoms with van der Waals surface area (Å²) in [5.41, 5.74) is -0.822. The number of anilines is 1. The predicted molar refractivity (Wildman–Crippen MR) is 165 cm³/mol. The normalized spacial score (nSPS) is 21.8. The van der Waals surface area contributed by atoms with Crippen molar-refractivity contribution in [2.24, 2.45) is 5.41 Å². The van der Waals surface area contributed by atoms with Gasteiger partial charge >= 0.3 is 0 Å². The zero-order chi connectivity index (χ0) is 31.5. The maximum absolute atomic E-state index is 15.9. The summed E-state index contributed by atoms with van der Waals surface area (Å²) in [5.74, 6) is -2.84. The highest BCUT2D eigenvalue weighted by Gasteiger charge is 2.61. The second-order valence-electron chi connectivity index (χ2n) is 11.8. The van der Waals surface area contributed by atoms with Crippen LogP contribution in [-0.4, -0.2) is 31.7 Å². The molecule has 0 spiro atoms.